The molecule has 3 N–H and O–H groups in total. The van der Waals surface area contributed by atoms with Crippen molar-refractivity contribution in [3.05, 3.63) is 168 Å². The Morgan fingerprint density at radius 2 is 1.23 bits per heavy atom. The summed E-state index contributed by atoms with van der Waals surface area (Å²) in [4.78, 5) is 66.6. The SMILES string of the molecule is CN(C)C(=O)c1nc(C(F)(F)F)n2c1CN(C(=O)c1cc(Cc3n[nH]c(=O)c4ccccc34)ccc1F)CC2.O=C(O)c1cc(Cc2n[nH]c(=O)c3ccccc23)ccc1F. The lowest BCUT2D eigenvalue weighted by molar-refractivity contribution is -0.147. The van der Waals surface area contributed by atoms with Crippen molar-refractivity contribution in [2.45, 2.75) is 32.1 Å². The number of hydrogen-bond acceptors (Lipinski definition) is 8. The lowest BCUT2D eigenvalue weighted by Crippen LogP contribution is -2.40. The van der Waals surface area contributed by atoms with Gasteiger partial charge in [0.05, 0.1) is 45.5 Å². The molecule has 0 spiro atoms. The molecule has 8 rings (SSSR count). The van der Waals surface area contributed by atoms with E-state index in [1.165, 1.54) is 43.3 Å². The quantitative estimate of drug-likeness (QED) is 0.172. The fraction of sp³-hybridized carbons (Fsp3) is 0.190. The Labute approximate surface area is 340 Å². The fourth-order valence-electron chi connectivity index (χ4n) is 7.00. The van der Waals surface area contributed by atoms with E-state index in [1.807, 2.05) is 0 Å². The predicted octanol–water partition coefficient (Wildman–Crippen LogP) is 5.58. The molecule has 0 saturated carbocycles. The van der Waals surface area contributed by atoms with E-state index in [1.54, 1.807) is 48.5 Å². The molecule has 0 radical (unpaired) electrons. The van der Waals surface area contributed by atoms with Crippen molar-refractivity contribution in [2.24, 2.45) is 0 Å². The van der Waals surface area contributed by atoms with E-state index in [4.69, 9.17) is 5.11 Å². The molecule has 19 heteroatoms. The molecular formula is C42H33F5N8O6. The van der Waals surface area contributed by atoms with E-state index in [9.17, 15) is 45.9 Å². The van der Waals surface area contributed by atoms with Crippen LogP contribution in [0.5, 0.6) is 0 Å². The number of carbonyl (C=O) groups is 3. The van der Waals surface area contributed by atoms with Gasteiger partial charge in [0.1, 0.15) is 11.6 Å². The van der Waals surface area contributed by atoms with Crippen LogP contribution in [-0.4, -0.2) is 83.3 Å². The normalized spacial score (nSPS) is 12.5. The number of nitrogens with zero attached hydrogens (tertiary/aromatic N) is 6. The van der Waals surface area contributed by atoms with Crippen molar-refractivity contribution < 1.29 is 41.4 Å². The van der Waals surface area contributed by atoms with E-state index in [0.29, 0.717) is 44.1 Å². The van der Waals surface area contributed by atoms with Gasteiger partial charge >= 0.3 is 12.1 Å². The molecule has 1 aliphatic rings. The van der Waals surface area contributed by atoms with Crippen molar-refractivity contribution >= 4 is 39.3 Å². The number of rotatable bonds is 7. The first-order valence-electron chi connectivity index (χ1n) is 18.4. The first kappa shape index (κ1) is 41.6. The second-order valence-corrected chi connectivity index (χ2v) is 14.2. The molecule has 0 bridgehead atoms. The van der Waals surface area contributed by atoms with Crippen LogP contribution in [0.1, 0.15) is 65.2 Å². The second kappa shape index (κ2) is 16.6. The maximum absolute atomic E-state index is 14.9. The summed E-state index contributed by atoms with van der Waals surface area (Å²) in [6.07, 6.45) is -4.33. The number of aromatic carboxylic acids is 1. The molecule has 0 aliphatic carbocycles. The number of hydrogen-bond donors (Lipinski definition) is 3. The summed E-state index contributed by atoms with van der Waals surface area (Å²) in [5, 5.41) is 24.2. The number of aromatic nitrogens is 6. The molecule has 4 aromatic carbocycles. The molecule has 0 unspecified atom stereocenters. The Bertz CT molecular complexity index is 3000. The Kier molecular flexibility index (Phi) is 11.3. The first-order valence-corrected chi connectivity index (χ1v) is 18.4. The van der Waals surface area contributed by atoms with Crippen LogP contribution in [0, 0.1) is 11.6 Å². The standard InChI is InChI=1S/C26H22F4N6O3.C16H11FN2O3/c1-34(2)24(39)21-20-13-35(9-10-36(20)25(31-21)26(28,29)30)23(38)17-11-14(7-8-18(17)27)12-19-15-5-3-4-6-16(15)22(37)33-32-19;17-13-6-5-9(7-12(13)16(21)22)8-14-10-3-1-2-4-11(10)15(20)19-18-14/h3-8,11H,9-10,12-13H2,1-2H3,(H,33,37);1-7H,8H2,(H,19,20)(H,21,22). The van der Waals surface area contributed by atoms with Crippen LogP contribution >= 0.6 is 0 Å². The van der Waals surface area contributed by atoms with Gasteiger partial charge in [0, 0.05) is 50.8 Å². The number of H-pyrrole nitrogens is 2. The lowest BCUT2D eigenvalue weighted by Gasteiger charge is -2.30. The van der Waals surface area contributed by atoms with Crippen molar-refractivity contribution in [1.29, 1.82) is 0 Å². The van der Waals surface area contributed by atoms with Crippen LogP contribution in [0.25, 0.3) is 21.5 Å². The number of imidazole rings is 1. The van der Waals surface area contributed by atoms with Crippen molar-refractivity contribution in [2.75, 3.05) is 20.6 Å². The van der Waals surface area contributed by atoms with Crippen LogP contribution in [0.4, 0.5) is 22.0 Å². The summed E-state index contributed by atoms with van der Waals surface area (Å²) in [6.45, 7) is -0.762. The molecule has 0 atom stereocenters. The summed E-state index contributed by atoms with van der Waals surface area (Å²) in [6, 6.07) is 21.7. The summed E-state index contributed by atoms with van der Waals surface area (Å²) < 4.78 is 70.0. The Balaban J connectivity index is 0.000000215. The van der Waals surface area contributed by atoms with Crippen LogP contribution in [-0.2, 0) is 32.1 Å². The molecular weight excluding hydrogens is 808 g/mol. The number of aromatic amines is 2. The highest BCUT2D eigenvalue weighted by Crippen LogP contribution is 2.33. The predicted molar refractivity (Wildman–Crippen MR) is 210 cm³/mol. The molecule has 3 aromatic heterocycles. The number of alkyl halides is 3. The molecule has 1 aliphatic heterocycles. The van der Waals surface area contributed by atoms with Crippen LogP contribution in [0.15, 0.2) is 94.5 Å². The lowest BCUT2D eigenvalue weighted by atomic mass is 10.0. The highest BCUT2D eigenvalue weighted by molar-refractivity contribution is 5.96. The summed E-state index contributed by atoms with van der Waals surface area (Å²) in [7, 11) is 2.77. The highest BCUT2D eigenvalue weighted by Gasteiger charge is 2.42. The molecule has 7 aromatic rings. The van der Waals surface area contributed by atoms with Gasteiger partial charge in [-0.2, -0.15) is 23.4 Å². The van der Waals surface area contributed by atoms with Gasteiger partial charge in [0.2, 0.25) is 5.82 Å². The summed E-state index contributed by atoms with van der Waals surface area (Å²) in [5.74, 6) is -5.60. The number of nitrogens with one attached hydrogen (secondary N) is 2. The van der Waals surface area contributed by atoms with E-state index in [-0.39, 0.29) is 60.4 Å². The Morgan fingerprint density at radius 1 is 0.738 bits per heavy atom. The number of carboxylic acids is 1. The van der Waals surface area contributed by atoms with Crippen LogP contribution < -0.4 is 11.1 Å². The number of halogens is 5. The Hall–Kier alpha value is -7.57. The van der Waals surface area contributed by atoms with E-state index >= 15 is 0 Å². The van der Waals surface area contributed by atoms with Crippen molar-refractivity contribution in [3.63, 3.8) is 0 Å². The Morgan fingerprint density at radius 3 is 1.72 bits per heavy atom. The van der Waals surface area contributed by atoms with E-state index < -0.39 is 47.1 Å². The molecule has 61 heavy (non-hydrogen) atoms. The zero-order valence-electron chi connectivity index (χ0n) is 32.2. The zero-order chi connectivity index (χ0) is 43.7. The maximum atomic E-state index is 14.9. The van der Waals surface area contributed by atoms with Gasteiger partial charge in [0.15, 0.2) is 5.69 Å². The monoisotopic (exact) mass is 840 g/mol. The molecule has 312 valence electrons. The second-order valence-electron chi connectivity index (χ2n) is 14.2. The minimum absolute atomic E-state index is 0.0684. The van der Waals surface area contributed by atoms with E-state index in [2.05, 4.69) is 25.4 Å². The summed E-state index contributed by atoms with van der Waals surface area (Å²) >= 11 is 0. The van der Waals surface area contributed by atoms with Gasteiger partial charge in [-0.05, 0) is 47.5 Å². The maximum Gasteiger partial charge on any atom is 0.449 e. The average molecular weight is 841 g/mol. The summed E-state index contributed by atoms with van der Waals surface area (Å²) in [5.41, 5.74) is 0.479. The van der Waals surface area contributed by atoms with Gasteiger partial charge in [0.25, 0.3) is 22.9 Å². The number of carbonyl (C=O) groups excluding carboxylic acids is 2. The van der Waals surface area contributed by atoms with Gasteiger partial charge in [-0.1, -0.05) is 48.5 Å². The first-order chi connectivity index (χ1) is 29.0. The number of fused-ring (bicyclic) bond motifs is 3. The molecule has 0 saturated heterocycles. The third kappa shape index (κ3) is 8.48. The third-order valence-electron chi connectivity index (χ3n) is 9.97. The van der Waals surface area contributed by atoms with Crippen molar-refractivity contribution in [1.82, 2.24) is 39.7 Å². The van der Waals surface area contributed by atoms with Gasteiger partial charge in [-0.25, -0.2) is 28.8 Å². The minimum atomic E-state index is -4.80. The molecule has 0 fully saturated rings. The minimum Gasteiger partial charge on any atom is -0.478 e. The van der Waals surface area contributed by atoms with Crippen LogP contribution in [0.3, 0.4) is 0 Å². The zero-order valence-corrected chi connectivity index (χ0v) is 32.2. The van der Waals surface area contributed by atoms with Gasteiger partial charge < -0.3 is 19.5 Å². The largest absolute Gasteiger partial charge is 0.478 e. The third-order valence-corrected chi connectivity index (χ3v) is 9.97. The topological polar surface area (TPSA) is 187 Å². The number of carboxylic acid groups (broad SMARTS) is 1. The van der Waals surface area contributed by atoms with E-state index in [0.717, 1.165) is 21.6 Å². The average Bonchev–Trinajstić information content (AvgIpc) is 3.64. The number of benzene rings is 4. The molecule has 2 amide bonds. The number of amides is 2. The van der Waals surface area contributed by atoms with Crippen LogP contribution in [0.2, 0.25) is 0 Å². The molecule has 4 heterocycles. The molecule has 14 nitrogen and oxygen atoms in total. The smallest absolute Gasteiger partial charge is 0.449 e. The van der Waals surface area contributed by atoms with Gasteiger partial charge in [-0.15, -0.1) is 0 Å². The fourth-order valence-corrected chi connectivity index (χ4v) is 7.00. The van der Waals surface area contributed by atoms with Crippen molar-refractivity contribution in [3.8, 4) is 0 Å². The highest BCUT2D eigenvalue weighted by atomic mass is 19.4. The van der Waals surface area contributed by atoms with Gasteiger partial charge in [-0.3, -0.25) is 19.2 Å².